The number of aromatic nitrogens is 1. The normalized spacial score (nSPS) is 23.1. The topological polar surface area (TPSA) is 37.4 Å². The molecule has 2 aliphatic rings. The lowest BCUT2D eigenvalue weighted by atomic mass is 9.95. The second-order valence-corrected chi connectivity index (χ2v) is 7.54. The lowest BCUT2D eigenvalue weighted by Gasteiger charge is -2.42. The number of ether oxygens (including phenoxy) is 1. The number of pyridine rings is 1. The Labute approximate surface area is 134 Å². The summed E-state index contributed by atoms with van der Waals surface area (Å²) in [6.45, 7) is 11.5. The average molecular weight is 303 g/mol. The minimum atomic E-state index is 0.0190. The molecular weight excluding hydrogens is 274 g/mol. The number of nitrogens with zero attached hydrogens (tertiary/aromatic N) is 2. The number of anilines is 1. The maximum absolute atomic E-state index is 6.06. The molecule has 4 heteroatoms. The van der Waals surface area contributed by atoms with E-state index in [9.17, 15) is 0 Å². The van der Waals surface area contributed by atoms with Gasteiger partial charge in [-0.15, -0.1) is 0 Å². The van der Waals surface area contributed by atoms with E-state index in [4.69, 9.17) is 4.74 Å². The maximum atomic E-state index is 6.06. The van der Waals surface area contributed by atoms with Crippen LogP contribution in [0.15, 0.2) is 18.3 Å². The highest BCUT2D eigenvalue weighted by atomic mass is 16.5. The largest absolute Gasteiger partial charge is 0.373 e. The van der Waals surface area contributed by atoms with Gasteiger partial charge in [-0.25, -0.2) is 0 Å². The van der Waals surface area contributed by atoms with E-state index in [-0.39, 0.29) is 11.6 Å². The second-order valence-electron chi connectivity index (χ2n) is 7.54. The molecule has 0 bridgehead atoms. The van der Waals surface area contributed by atoms with E-state index < -0.39 is 0 Å². The van der Waals surface area contributed by atoms with Crippen molar-refractivity contribution in [3.05, 3.63) is 24.0 Å². The third-order valence-electron chi connectivity index (χ3n) is 4.75. The van der Waals surface area contributed by atoms with Crippen molar-refractivity contribution < 1.29 is 4.74 Å². The highest BCUT2D eigenvalue weighted by molar-refractivity contribution is 5.45. The predicted octanol–water partition coefficient (Wildman–Crippen LogP) is 2.94. The van der Waals surface area contributed by atoms with Crippen LogP contribution in [0, 0.1) is 0 Å². The number of nitrogens with one attached hydrogen (secondary N) is 1. The van der Waals surface area contributed by atoms with Crippen LogP contribution in [0.2, 0.25) is 0 Å². The molecule has 4 nitrogen and oxygen atoms in total. The van der Waals surface area contributed by atoms with Gasteiger partial charge in [-0.1, -0.05) is 13.8 Å². The molecule has 1 aliphatic carbocycles. The van der Waals surface area contributed by atoms with Crippen LogP contribution < -0.4 is 10.2 Å². The van der Waals surface area contributed by atoms with Crippen LogP contribution in [0.25, 0.3) is 0 Å². The first kappa shape index (κ1) is 15.8. The van der Waals surface area contributed by atoms with Gasteiger partial charge in [0.15, 0.2) is 0 Å². The third-order valence-corrected chi connectivity index (χ3v) is 4.75. The van der Waals surface area contributed by atoms with Gasteiger partial charge in [0, 0.05) is 30.4 Å². The van der Waals surface area contributed by atoms with Gasteiger partial charge in [0.1, 0.15) is 0 Å². The van der Waals surface area contributed by atoms with Crippen molar-refractivity contribution in [3.63, 3.8) is 0 Å². The quantitative estimate of drug-likeness (QED) is 0.907. The van der Waals surface area contributed by atoms with Gasteiger partial charge in [0.2, 0.25) is 0 Å². The molecule has 0 amide bonds. The molecule has 1 aliphatic heterocycles. The van der Waals surface area contributed by atoms with Gasteiger partial charge in [0.05, 0.1) is 24.6 Å². The van der Waals surface area contributed by atoms with Crippen LogP contribution in [-0.4, -0.2) is 42.4 Å². The summed E-state index contributed by atoms with van der Waals surface area (Å²) in [5, 5.41) is 3.73. The van der Waals surface area contributed by atoms with Crippen LogP contribution in [0.1, 0.15) is 52.1 Å². The Bertz CT molecular complexity index is 494. The maximum Gasteiger partial charge on any atom is 0.0926 e. The standard InChI is InChI=1S/C18H29N3O/c1-13(2)16-8-7-15(11-19-16)21-9-10-22-17(12-21)18(3,4)20-14-5-6-14/h7-8,11,13-14,17,20H,5-6,9-10,12H2,1-4H3/t17-/m0/s1. The Morgan fingerprint density at radius 3 is 2.68 bits per heavy atom. The van der Waals surface area contributed by atoms with Crippen LogP contribution in [-0.2, 0) is 4.74 Å². The SMILES string of the molecule is CC(C)c1ccc(N2CCO[C@H](C(C)(C)NC3CC3)C2)cn1. The summed E-state index contributed by atoms with van der Waals surface area (Å²) in [6.07, 6.45) is 4.84. The number of rotatable bonds is 5. The molecule has 2 fully saturated rings. The summed E-state index contributed by atoms with van der Waals surface area (Å²) >= 11 is 0. The Morgan fingerprint density at radius 2 is 2.09 bits per heavy atom. The molecule has 0 aromatic carbocycles. The summed E-state index contributed by atoms with van der Waals surface area (Å²) in [6, 6.07) is 5.05. The van der Waals surface area contributed by atoms with E-state index in [0.29, 0.717) is 12.0 Å². The van der Waals surface area contributed by atoms with Gasteiger partial charge >= 0.3 is 0 Å². The van der Waals surface area contributed by atoms with E-state index in [0.717, 1.165) is 25.4 Å². The van der Waals surface area contributed by atoms with Gasteiger partial charge in [-0.2, -0.15) is 0 Å². The molecule has 0 radical (unpaired) electrons. The Morgan fingerprint density at radius 1 is 1.32 bits per heavy atom. The van der Waals surface area contributed by atoms with E-state index in [1.54, 1.807) is 0 Å². The zero-order valence-electron chi connectivity index (χ0n) is 14.3. The van der Waals surface area contributed by atoms with Crippen LogP contribution in [0.4, 0.5) is 5.69 Å². The molecule has 1 saturated heterocycles. The molecule has 0 unspecified atom stereocenters. The molecule has 1 N–H and O–H groups in total. The number of hydrogen-bond donors (Lipinski definition) is 1. The molecule has 122 valence electrons. The first-order valence-electron chi connectivity index (χ1n) is 8.56. The summed E-state index contributed by atoms with van der Waals surface area (Å²) < 4.78 is 6.06. The van der Waals surface area contributed by atoms with Crippen molar-refractivity contribution in [1.29, 1.82) is 0 Å². The van der Waals surface area contributed by atoms with Crippen molar-refractivity contribution in [3.8, 4) is 0 Å². The molecule has 1 aromatic heterocycles. The zero-order chi connectivity index (χ0) is 15.7. The fourth-order valence-electron chi connectivity index (χ4n) is 3.09. The van der Waals surface area contributed by atoms with Crippen molar-refractivity contribution in [2.24, 2.45) is 0 Å². The molecular formula is C18H29N3O. The van der Waals surface area contributed by atoms with Crippen molar-refractivity contribution in [2.75, 3.05) is 24.6 Å². The average Bonchev–Trinajstić information content (AvgIpc) is 3.31. The Balaban J connectivity index is 1.66. The molecule has 22 heavy (non-hydrogen) atoms. The monoisotopic (exact) mass is 303 g/mol. The summed E-state index contributed by atoms with van der Waals surface area (Å²) in [7, 11) is 0. The van der Waals surface area contributed by atoms with Crippen LogP contribution >= 0.6 is 0 Å². The van der Waals surface area contributed by atoms with Crippen molar-refractivity contribution in [1.82, 2.24) is 10.3 Å². The summed E-state index contributed by atoms with van der Waals surface area (Å²) in [4.78, 5) is 7.01. The van der Waals surface area contributed by atoms with Gasteiger partial charge in [-0.3, -0.25) is 4.98 Å². The van der Waals surface area contributed by atoms with Crippen LogP contribution in [0.5, 0.6) is 0 Å². The van der Waals surface area contributed by atoms with Gasteiger partial charge < -0.3 is 15.0 Å². The molecule has 1 atom stereocenters. The first-order chi connectivity index (χ1) is 10.5. The number of hydrogen-bond acceptors (Lipinski definition) is 4. The highest BCUT2D eigenvalue weighted by Gasteiger charge is 2.38. The minimum Gasteiger partial charge on any atom is -0.373 e. The van der Waals surface area contributed by atoms with Crippen LogP contribution in [0.3, 0.4) is 0 Å². The molecule has 1 saturated carbocycles. The smallest absolute Gasteiger partial charge is 0.0926 e. The fraction of sp³-hybridized carbons (Fsp3) is 0.722. The van der Waals surface area contributed by atoms with E-state index in [1.165, 1.54) is 18.5 Å². The predicted molar refractivity (Wildman–Crippen MR) is 90.5 cm³/mol. The number of morpholine rings is 1. The Hall–Kier alpha value is -1.13. The van der Waals surface area contributed by atoms with Crippen molar-refractivity contribution in [2.45, 2.75) is 64.1 Å². The lowest BCUT2D eigenvalue weighted by Crippen LogP contribution is -2.58. The molecule has 3 rings (SSSR count). The minimum absolute atomic E-state index is 0.0190. The Kier molecular flexibility index (Phi) is 4.42. The fourth-order valence-corrected chi connectivity index (χ4v) is 3.09. The van der Waals surface area contributed by atoms with E-state index in [2.05, 4.69) is 55.0 Å². The third kappa shape index (κ3) is 3.61. The molecule has 1 aromatic rings. The van der Waals surface area contributed by atoms with Gasteiger partial charge in [-0.05, 0) is 44.7 Å². The molecule has 0 spiro atoms. The van der Waals surface area contributed by atoms with Gasteiger partial charge in [0.25, 0.3) is 0 Å². The summed E-state index contributed by atoms with van der Waals surface area (Å²) in [5.41, 5.74) is 2.38. The van der Waals surface area contributed by atoms with E-state index in [1.807, 2.05) is 6.20 Å². The van der Waals surface area contributed by atoms with Crippen molar-refractivity contribution >= 4 is 5.69 Å². The highest BCUT2D eigenvalue weighted by Crippen LogP contribution is 2.28. The van der Waals surface area contributed by atoms with E-state index >= 15 is 0 Å². The molecule has 2 heterocycles. The zero-order valence-corrected chi connectivity index (χ0v) is 14.3. The lowest BCUT2D eigenvalue weighted by molar-refractivity contribution is -0.0134. The summed E-state index contributed by atoms with van der Waals surface area (Å²) in [5.74, 6) is 0.480. The first-order valence-corrected chi connectivity index (χ1v) is 8.56. The second kappa shape index (κ2) is 6.17.